The van der Waals surface area contributed by atoms with Crippen LogP contribution in [-0.4, -0.2) is 35.7 Å². The molecule has 4 rings (SSSR count). The van der Waals surface area contributed by atoms with Gasteiger partial charge in [0.25, 0.3) is 0 Å². The summed E-state index contributed by atoms with van der Waals surface area (Å²) < 4.78 is 21.1. The number of aryl methyl sites for hydroxylation is 1. The largest absolute Gasteiger partial charge is 0.493 e. The SMILES string of the molecule is Cc1cc(C(=O)O)c(F)c(C2CC2)c1OCC1CCN(C(C)c2cc(Cl)cc(Cl)c2C#N)CC1. The van der Waals surface area contributed by atoms with Gasteiger partial charge in [0.05, 0.1) is 22.8 Å². The second kappa shape index (κ2) is 10.1. The third-order valence-electron chi connectivity index (χ3n) is 6.96. The first-order chi connectivity index (χ1) is 16.2. The standard InChI is InChI=1S/C26H27Cl2FN2O3/c1-14-9-20(26(32)33)24(29)23(17-3-4-17)25(14)34-13-16-5-7-31(8-6-16)15(2)19-10-18(27)11-22(28)21(19)12-30/h9-11,15-17H,3-8,13H2,1-2H3,(H,32,33). The third-order valence-corrected chi connectivity index (χ3v) is 7.48. The van der Waals surface area contributed by atoms with Crippen LogP contribution in [-0.2, 0) is 0 Å². The summed E-state index contributed by atoms with van der Waals surface area (Å²) in [5.41, 5.74) is 2.08. The molecule has 1 aliphatic heterocycles. The first-order valence-corrected chi connectivity index (χ1v) is 12.3. The lowest BCUT2D eigenvalue weighted by atomic mass is 9.93. The monoisotopic (exact) mass is 504 g/mol. The average molecular weight is 505 g/mol. The normalized spacial score (nSPS) is 17.9. The first-order valence-electron chi connectivity index (χ1n) is 11.5. The van der Waals surface area contributed by atoms with Gasteiger partial charge in [0.2, 0.25) is 0 Å². The third kappa shape index (κ3) is 5.02. The van der Waals surface area contributed by atoms with E-state index in [1.54, 1.807) is 13.0 Å². The van der Waals surface area contributed by atoms with Crippen molar-refractivity contribution in [1.29, 1.82) is 5.26 Å². The minimum absolute atomic E-state index is 0.00547. The highest BCUT2D eigenvalue weighted by atomic mass is 35.5. The zero-order chi connectivity index (χ0) is 24.6. The molecule has 1 atom stereocenters. The zero-order valence-corrected chi connectivity index (χ0v) is 20.7. The maximum absolute atomic E-state index is 14.9. The molecule has 0 amide bonds. The molecule has 180 valence electrons. The van der Waals surface area contributed by atoms with Crippen molar-refractivity contribution in [3.8, 4) is 11.8 Å². The van der Waals surface area contributed by atoms with Crippen LogP contribution in [0.3, 0.4) is 0 Å². The molecule has 2 aromatic rings. The summed E-state index contributed by atoms with van der Waals surface area (Å²) in [4.78, 5) is 13.7. The van der Waals surface area contributed by atoms with Gasteiger partial charge in [0.1, 0.15) is 17.6 Å². The number of halogens is 3. The molecule has 0 radical (unpaired) electrons. The number of rotatable bonds is 7. The minimum atomic E-state index is -1.25. The molecular weight excluding hydrogens is 478 g/mol. The Morgan fingerprint density at radius 3 is 2.53 bits per heavy atom. The molecule has 0 spiro atoms. The van der Waals surface area contributed by atoms with E-state index >= 15 is 0 Å². The van der Waals surface area contributed by atoms with Crippen molar-refractivity contribution in [1.82, 2.24) is 4.90 Å². The number of ether oxygens (including phenoxy) is 1. The smallest absolute Gasteiger partial charge is 0.338 e. The van der Waals surface area contributed by atoms with Crippen LogP contribution in [0.4, 0.5) is 4.39 Å². The lowest BCUT2D eigenvalue weighted by Gasteiger charge is -2.36. The van der Waals surface area contributed by atoms with E-state index in [4.69, 9.17) is 27.9 Å². The van der Waals surface area contributed by atoms with Gasteiger partial charge in [-0.2, -0.15) is 5.26 Å². The number of piperidine rings is 1. The van der Waals surface area contributed by atoms with Crippen LogP contribution >= 0.6 is 23.2 Å². The van der Waals surface area contributed by atoms with E-state index in [1.165, 1.54) is 6.07 Å². The van der Waals surface area contributed by atoms with E-state index < -0.39 is 11.8 Å². The number of carbonyl (C=O) groups is 1. The number of carboxylic acids is 1. The number of nitriles is 1. The number of hydrogen-bond donors (Lipinski definition) is 1. The van der Waals surface area contributed by atoms with E-state index in [9.17, 15) is 19.6 Å². The zero-order valence-electron chi connectivity index (χ0n) is 19.2. The molecule has 2 fully saturated rings. The first kappa shape index (κ1) is 24.8. The lowest BCUT2D eigenvalue weighted by Crippen LogP contribution is -2.37. The van der Waals surface area contributed by atoms with Gasteiger partial charge in [-0.05, 0) is 93.8 Å². The quantitative estimate of drug-likeness (QED) is 0.451. The highest BCUT2D eigenvalue weighted by Gasteiger charge is 2.34. The second-order valence-corrected chi connectivity index (χ2v) is 10.2. The summed E-state index contributed by atoms with van der Waals surface area (Å²) in [7, 11) is 0. The Kier molecular flexibility index (Phi) is 7.37. The van der Waals surface area contributed by atoms with Crippen molar-refractivity contribution in [3.05, 3.63) is 61.9 Å². The molecule has 2 aliphatic rings. The van der Waals surface area contributed by atoms with Gasteiger partial charge in [0, 0.05) is 16.6 Å². The Labute approximate surface area is 209 Å². The molecule has 5 nitrogen and oxygen atoms in total. The number of nitrogens with zero attached hydrogens (tertiary/aromatic N) is 2. The van der Waals surface area contributed by atoms with Crippen molar-refractivity contribution >= 4 is 29.2 Å². The molecule has 1 saturated carbocycles. The number of hydrogen-bond acceptors (Lipinski definition) is 4. The van der Waals surface area contributed by atoms with E-state index in [0.717, 1.165) is 44.3 Å². The molecule has 34 heavy (non-hydrogen) atoms. The highest BCUT2D eigenvalue weighted by Crippen LogP contribution is 2.47. The van der Waals surface area contributed by atoms with E-state index in [-0.39, 0.29) is 17.5 Å². The van der Waals surface area contributed by atoms with Gasteiger partial charge in [-0.25, -0.2) is 9.18 Å². The highest BCUT2D eigenvalue weighted by molar-refractivity contribution is 6.35. The number of likely N-dealkylation sites (tertiary alicyclic amines) is 1. The lowest BCUT2D eigenvalue weighted by molar-refractivity contribution is 0.0691. The summed E-state index contributed by atoms with van der Waals surface area (Å²) >= 11 is 12.4. The Morgan fingerprint density at radius 2 is 1.94 bits per heavy atom. The Hall–Kier alpha value is -2.33. The number of benzene rings is 2. The van der Waals surface area contributed by atoms with Crippen LogP contribution in [0.2, 0.25) is 10.0 Å². The van der Waals surface area contributed by atoms with Crippen LogP contribution in [0.1, 0.15) is 77.2 Å². The van der Waals surface area contributed by atoms with E-state index in [1.807, 2.05) is 6.07 Å². The summed E-state index contributed by atoms with van der Waals surface area (Å²) in [6, 6.07) is 6.95. The summed E-state index contributed by atoms with van der Waals surface area (Å²) in [6.07, 6.45) is 3.50. The summed E-state index contributed by atoms with van der Waals surface area (Å²) in [5, 5.41) is 19.8. The van der Waals surface area contributed by atoms with Crippen LogP contribution < -0.4 is 4.74 Å². The van der Waals surface area contributed by atoms with Crippen LogP contribution in [0.15, 0.2) is 18.2 Å². The molecule has 1 saturated heterocycles. The van der Waals surface area contributed by atoms with Crippen molar-refractivity contribution in [2.45, 2.75) is 51.5 Å². The van der Waals surface area contributed by atoms with Gasteiger partial charge in [-0.3, -0.25) is 4.90 Å². The van der Waals surface area contributed by atoms with Crippen LogP contribution in [0.25, 0.3) is 0 Å². The van der Waals surface area contributed by atoms with Crippen molar-refractivity contribution in [2.24, 2.45) is 5.92 Å². The summed E-state index contributed by atoms with van der Waals surface area (Å²) in [6.45, 7) is 5.94. The topological polar surface area (TPSA) is 73.6 Å². The van der Waals surface area contributed by atoms with Gasteiger partial charge < -0.3 is 9.84 Å². The van der Waals surface area contributed by atoms with Gasteiger partial charge in [-0.15, -0.1) is 0 Å². The minimum Gasteiger partial charge on any atom is -0.493 e. The molecule has 2 aromatic carbocycles. The average Bonchev–Trinajstić information content (AvgIpc) is 3.63. The fourth-order valence-corrected chi connectivity index (χ4v) is 5.38. The van der Waals surface area contributed by atoms with E-state index in [0.29, 0.717) is 45.0 Å². The van der Waals surface area contributed by atoms with E-state index in [2.05, 4.69) is 17.9 Å². The molecule has 0 aromatic heterocycles. The van der Waals surface area contributed by atoms with Gasteiger partial charge in [0.15, 0.2) is 0 Å². The molecule has 1 unspecified atom stereocenters. The van der Waals surface area contributed by atoms with Gasteiger partial charge >= 0.3 is 5.97 Å². The molecule has 8 heteroatoms. The maximum Gasteiger partial charge on any atom is 0.338 e. The fourth-order valence-electron chi connectivity index (χ4n) is 4.83. The Balaban J connectivity index is 1.42. The molecular formula is C26H27Cl2FN2O3. The molecule has 0 bridgehead atoms. The Bertz CT molecular complexity index is 1150. The maximum atomic E-state index is 14.9. The Morgan fingerprint density at radius 1 is 1.26 bits per heavy atom. The molecule has 1 N–H and O–H groups in total. The van der Waals surface area contributed by atoms with Crippen molar-refractivity contribution in [2.75, 3.05) is 19.7 Å². The van der Waals surface area contributed by atoms with Crippen molar-refractivity contribution < 1.29 is 19.0 Å². The molecule has 1 heterocycles. The fraction of sp³-hybridized carbons (Fsp3) is 0.462. The van der Waals surface area contributed by atoms with Gasteiger partial charge in [-0.1, -0.05) is 23.2 Å². The predicted octanol–water partition coefficient (Wildman–Crippen LogP) is 6.74. The van der Waals surface area contributed by atoms with Crippen LogP contribution in [0.5, 0.6) is 5.75 Å². The predicted molar refractivity (Wildman–Crippen MR) is 129 cm³/mol. The second-order valence-electron chi connectivity index (χ2n) is 9.31. The van der Waals surface area contributed by atoms with Crippen molar-refractivity contribution in [3.63, 3.8) is 0 Å². The summed E-state index contributed by atoms with van der Waals surface area (Å²) in [5.74, 6) is -1.07. The molecule has 1 aliphatic carbocycles. The van der Waals surface area contributed by atoms with Crippen LogP contribution in [0, 0.1) is 30.0 Å². The number of carboxylic acid groups (broad SMARTS) is 1. The number of aromatic carboxylic acids is 1.